The summed E-state index contributed by atoms with van der Waals surface area (Å²) in [6, 6.07) is 7.85. The summed E-state index contributed by atoms with van der Waals surface area (Å²) in [6.45, 7) is 0.811. The Kier molecular flexibility index (Phi) is 4.43. The molecule has 0 aromatic carbocycles. The normalized spacial score (nSPS) is 12.7. The van der Waals surface area contributed by atoms with Gasteiger partial charge in [-0.15, -0.1) is 11.3 Å². The van der Waals surface area contributed by atoms with Crippen molar-refractivity contribution in [1.29, 1.82) is 0 Å². The molecule has 0 radical (unpaired) electrons. The Morgan fingerprint density at radius 1 is 1.43 bits per heavy atom. The van der Waals surface area contributed by atoms with Gasteiger partial charge in [-0.1, -0.05) is 11.6 Å². The first kappa shape index (κ1) is 14.4. The summed E-state index contributed by atoms with van der Waals surface area (Å²) in [7, 11) is 2.01. The van der Waals surface area contributed by atoms with Gasteiger partial charge in [0.05, 0.1) is 10.6 Å². The van der Waals surface area contributed by atoms with E-state index in [-0.39, 0.29) is 6.04 Å². The summed E-state index contributed by atoms with van der Waals surface area (Å²) >= 11 is 7.62. The van der Waals surface area contributed by atoms with Crippen LogP contribution in [0.5, 0.6) is 0 Å². The first-order valence-electron chi connectivity index (χ1n) is 6.72. The standard InChI is InChI=1S/C15H16ClN3OS/c1-19-9-8-17-14(19)6-7-18-15(11-3-2-10-20-11)12-4-5-13(16)21-12/h2-5,8-10,15,18H,6-7H2,1H3. The Morgan fingerprint density at radius 3 is 2.95 bits per heavy atom. The van der Waals surface area contributed by atoms with Gasteiger partial charge in [0, 0.05) is 37.3 Å². The molecule has 0 aliphatic carbocycles. The Hall–Kier alpha value is -1.56. The third kappa shape index (κ3) is 3.37. The fourth-order valence-corrected chi connectivity index (χ4v) is 3.39. The van der Waals surface area contributed by atoms with Crippen LogP contribution in [0.25, 0.3) is 0 Å². The summed E-state index contributed by atoms with van der Waals surface area (Å²) in [5.41, 5.74) is 0. The summed E-state index contributed by atoms with van der Waals surface area (Å²) in [5.74, 6) is 1.96. The highest BCUT2D eigenvalue weighted by atomic mass is 35.5. The molecule has 0 spiro atoms. The maximum absolute atomic E-state index is 6.05. The van der Waals surface area contributed by atoms with E-state index in [1.54, 1.807) is 17.6 Å². The van der Waals surface area contributed by atoms with Crippen LogP contribution in [0.15, 0.2) is 47.3 Å². The molecule has 0 aliphatic rings. The number of furan rings is 1. The number of imidazole rings is 1. The fourth-order valence-electron chi connectivity index (χ4n) is 2.25. The van der Waals surface area contributed by atoms with Crippen molar-refractivity contribution >= 4 is 22.9 Å². The lowest BCUT2D eigenvalue weighted by molar-refractivity contribution is 0.449. The van der Waals surface area contributed by atoms with Gasteiger partial charge in [-0.05, 0) is 24.3 Å². The molecule has 110 valence electrons. The van der Waals surface area contributed by atoms with Crippen LogP contribution in [0.3, 0.4) is 0 Å². The topological polar surface area (TPSA) is 43.0 Å². The largest absolute Gasteiger partial charge is 0.467 e. The molecule has 3 aromatic heterocycles. The SMILES string of the molecule is Cn1ccnc1CCNC(c1ccco1)c1ccc(Cl)s1. The van der Waals surface area contributed by atoms with Crippen LogP contribution in [0.1, 0.15) is 22.5 Å². The van der Waals surface area contributed by atoms with E-state index >= 15 is 0 Å². The second-order valence-electron chi connectivity index (χ2n) is 4.75. The third-order valence-electron chi connectivity index (χ3n) is 3.32. The average Bonchev–Trinajstić information content (AvgIpc) is 3.18. The van der Waals surface area contributed by atoms with Crippen LogP contribution in [0.2, 0.25) is 4.34 Å². The maximum atomic E-state index is 6.05. The van der Waals surface area contributed by atoms with Crippen molar-refractivity contribution in [3.8, 4) is 0 Å². The Labute approximate surface area is 132 Å². The average molecular weight is 322 g/mol. The molecule has 0 fully saturated rings. The Balaban J connectivity index is 1.70. The van der Waals surface area contributed by atoms with Crippen LogP contribution in [-0.4, -0.2) is 16.1 Å². The van der Waals surface area contributed by atoms with E-state index in [9.17, 15) is 0 Å². The molecular formula is C15H16ClN3OS. The molecule has 0 bridgehead atoms. The molecule has 1 unspecified atom stereocenters. The first-order valence-corrected chi connectivity index (χ1v) is 7.91. The summed E-state index contributed by atoms with van der Waals surface area (Å²) < 4.78 is 8.37. The highest BCUT2D eigenvalue weighted by Crippen LogP contribution is 2.31. The van der Waals surface area contributed by atoms with Gasteiger partial charge in [0.1, 0.15) is 17.6 Å². The summed E-state index contributed by atoms with van der Waals surface area (Å²) in [5, 5.41) is 3.52. The molecular weight excluding hydrogens is 306 g/mol. The number of halogens is 1. The van der Waals surface area contributed by atoms with E-state index in [0.29, 0.717) is 0 Å². The van der Waals surface area contributed by atoms with Gasteiger partial charge >= 0.3 is 0 Å². The van der Waals surface area contributed by atoms with Gasteiger partial charge in [0.15, 0.2) is 0 Å². The molecule has 1 atom stereocenters. The minimum absolute atomic E-state index is 0.0257. The number of hydrogen-bond donors (Lipinski definition) is 1. The number of thiophene rings is 1. The quantitative estimate of drug-likeness (QED) is 0.753. The predicted octanol–water partition coefficient (Wildman–Crippen LogP) is 3.65. The van der Waals surface area contributed by atoms with E-state index in [1.165, 1.54) is 0 Å². The zero-order valence-corrected chi connectivity index (χ0v) is 13.2. The van der Waals surface area contributed by atoms with Gasteiger partial charge in [-0.2, -0.15) is 0 Å². The molecule has 1 N–H and O–H groups in total. The molecule has 4 nitrogen and oxygen atoms in total. The predicted molar refractivity (Wildman–Crippen MR) is 84.8 cm³/mol. The second kappa shape index (κ2) is 6.47. The monoisotopic (exact) mass is 321 g/mol. The molecule has 21 heavy (non-hydrogen) atoms. The van der Waals surface area contributed by atoms with Gasteiger partial charge in [-0.25, -0.2) is 4.98 Å². The van der Waals surface area contributed by atoms with E-state index in [2.05, 4.69) is 10.3 Å². The van der Waals surface area contributed by atoms with Crippen molar-refractivity contribution in [2.75, 3.05) is 6.54 Å². The lowest BCUT2D eigenvalue weighted by Gasteiger charge is -2.15. The minimum Gasteiger partial charge on any atom is -0.467 e. The zero-order chi connectivity index (χ0) is 14.7. The number of nitrogens with one attached hydrogen (secondary N) is 1. The molecule has 3 rings (SSSR count). The Morgan fingerprint density at radius 2 is 2.33 bits per heavy atom. The molecule has 0 aliphatic heterocycles. The first-order chi connectivity index (χ1) is 10.2. The third-order valence-corrected chi connectivity index (χ3v) is 4.62. The van der Waals surface area contributed by atoms with E-state index in [1.807, 2.05) is 48.3 Å². The van der Waals surface area contributed by atoms with Crippen molar-refractivity contribution in [3.63, 3.8) is 0 Å². The van der Waals surface area contributed by atoms with E-state index < -0.39 is 0 Å². The summed E-state index contributed by atoms with van der Waals surface area (Å²) in [4.78, 5) is 5.48. The van der Waals surface area contributed by atoms with Crippen LogP contribution in [0.4, 0.5) is 0 Å². The van der Waals surface area contributed by atoms with Crippen LogP contribution < -0.4 is 5.32 Å². The lowest BCUT2D eigenvalue weighted by Crippen LogP contribution is -2.24. The van der Waals surface area contributed by atoms with Crippen molar-refractivity contribution in [3.05, 3.63) is 63.7 Å². The zero-order valence-electron chi connectivity index (χ0n) is 11.6. The molecule has 0 amide bonds. The van der Waals surface area contributed by atoms with Crippen molar-refractivity contribution in [2.45, 2.75) is 12.5 Å². The number of aryl methyl sites for hydroxylation is 1. The van der Waals surface area contributed by atoms with E-state index in [4.69, 9.17) is 16.0 Å². The van der Waals surface area contributed by atoms with Crippen molar-refractivity contribution < 1.29 is 4.42 Å². The molecule has 0 saturated carbocycles. The number of nitrogens with zero attached hydrogens (tertiary/aromatic N) is 2. The van der Waals surface area contributed by atoms with Crippen LogP contribution in [0, 0.1) is 0 Å². The molecule has 0 saturated heterocycles. The van der Waals surface area contributed by atoms with Gasteiger partial charge in [-0.3, -0.25) is 0 Å². The second-order valence-corrected chi connectivity index (χ2v) is 6.50. The highest BCUT2D eigenvalue weighted by Gasteiger charge is 2.18. The van der Waals surface area contributed by atoms with Crippen LogP contribution >= 0.6 is 22.9 Å². The molecule has 3 heterocycles. The highest BCUT2D eigenvalue weighted by molar-refractivity contribution is 7.16. The van der Waals surface area contributed by atoms with Gasteiger partial charge in [0.25, 0.3) is 0 Å². The number of aromatic nitrogens is 2. The maximum Gasteiger partial charge on any atom is 0.126 e. The number of hydrogen-bond acceptors (Lipinski definition) is 4. The smallest absolute Gasteiger partial charge is 0.126 e. The van der Waals surface area contributed by atoms with Gasteiger partial charge < -0.3 is 14.3 Å². The van der Waals surface area contributed by atoms with Crippen molar-refractivity contribution in [2.24, 2.45) is 7.05 Å². The molecule has 6 heteroatoms. The van der Waals surface area contributed by atoms with Crippen molar-refractivity contribution in [1.82, 2.24) is 14.9 Å². The minimum atomic E-state index is 0.0257. The summed E-state index contributed by atoms with van der Waals surface area (Å²) in [6.07, 6.45) is 6.33. The van der Waals surface area contributed by atoms with Gasteiger partial charge in [0.2, 0.25) is 0 Å². The lowest BCUT2D eigenvalue weighted by atomic mass is 10.2. The fraction of sp³-hybridized carbons (Fsp3) is 0.267. The number of rotatable bonds is 6. The van der Waals surface area contributed by atoms with E-state index in [0.717, 1.165) is 33.8 Å². The van der Waals surface area contributed by atoms with Crippen LogP contribution in [-0.2, 0) is 13.5 Å². The molecule has 3 aromatic rings. The Bertz CT molecular complexity index is 689.